The Bertz CT molecular complexity index is 421. The lowest BCUT2D eigenvalue weighted by Crippen LogP contribution is -2.27. The van der Waals surface area contributed by atoms with Gasteiger partial charge < -0.3 is 4.52 Å². The smallest absolute Gasteiger partial charge is 0.338 e. The topological polar surface area (TPSA) is 56.0 Å². The van der Waals surface area contributed by atoms with Crippen molar-refractivity contribution in [2.24, 2.45) is 0 Å². The molecule has 1 heterocycles. The molecule has 0 aromatic carbocycles. The van der Waals surface area contributed by atoms with Crippen LogP contribution in [-0.4, -0.2) is 22.1 Å². The van der Waals surface area contributed by atoms with Gasteiger partial charge in [-0.25, -0.2) is 0 Å². The van der Waals surface area contributed by atoms with Crippen molar-refractivity contribution >= 4 is 5.78 Å². The van der Waals surface area contributed by atoms with Crippen LogP contribution in [0, 0.1) is 0 Å². The Kier molecular flexibility index (Phi) is 3.17. The normalized spacial score (nSPS) is 14.8. The zero-order valence-electron chi connectivity index (χ0n) is 8.06. The van der Waals surface area contributed by atoms with Gasteiger partial charge in [0.2, 0.25) is 11.7 Å². The van der Waals surface area contributed by atoms with Crippen molar-refractivity contribution in [3.63, 3.8) is 0 Å². The van der Waals surface area contributed by atoms with E-state index in [9.17, 15) is 31.1 Å². The Morgan fingerprint density at radius 2 is 1.76 bits per heavy atom. The van der Waals surface area contributed by atoms with E-state index in [4.69, 9.17) is 0 Å². The van der Waals surface area contributed by atoms with Gasteiger partial charge in [0.05, 0.1) is 0 Å². The first-order valence-electron chi connectivity index (χ1n) is 4.05. The minimum atomic E-state index is -5.17. The van der Waals surface area contributed by atoms with Crippen LogP contribution in [0.15, 0.2) is 4.52 Å². The summed E-state index contributed by atoms with van der Waals surface area (Å²) in [6.07, 6.45) is -10.1. The lowest BCUT2D eigenvalue weighted by Gasteiger charge is -2.08. The van der Waals surface area contributed by atoms with E-state index in [1.54, 1.807) is 0 Å². The molecule has 0 spiro atoms. The van der Waals surface area contributed by atoms with Crippen LogP contribution in [-0.2, 0) is 11.0 Å². The number of alkyl halides is 6. The Labute approximate surface area is 89.6 Å². The standard InChI is InChI=1S/C7H4F6N2O2/c1-2(3(16)6(8,9)10)4-14-5(15-17-4)7(11,12)13/h2H,1H3. The molecule has 0 aliphatic rings. The highest BCUT2D eigenvalue weighted by atomic mass is 19.4. The van der Waals surface area contributed by atoms with E-state index in [-0.39, 0.29) is 0 Å². The van der Waals surface area contributed by atoms with Crippen molar-refractivity contribution in [1.82, 2.24) is 10.1 Å². The van der Waals surface area contributed by atoms with Crippen LogP contribution < -0.4 is 0 Å². The van der Waals surface area contributed by atoms with Crippen LogP contribution in [0.2, 0.25) is 0 Å². The second kappa shape index (κ2) is 4.00. The van der Waals surface area contributed by atoms with Crippen LogP contribution in [0.4, 0.5) is 26.3 Å². The average Bonchev–Trinajstić information content (AvgIpc) is 2.61. The van der Waals surface area contributed by atoms with Crippen molar-refractivity contribution < 1.29 is 35.7 Å². The molecule has 0 aliphatic heterocycles. The zero-order chi connectivity index (χ0) is 13.4. The third-order valence-corrected chi connectivity index (χ3v) is 1.74. The largest absolute Gasteiger partial charge is 0.455 e. The number of rotatable bonds is 2. The van der Waals surface area contributed by atoms with Crippen molar-refractivity contribution in [3.8, 4) is 0 Å². The Morgan fingerprint density at radius 1 is 1.24 bits per heavy atom. The summed E-state index contributed by atoms with van der Waals surface area (Å²) in [6, 6.07) is 0. The molecular formula is C7H4F6N2O2. The highest BCUT2D eigenvalue weighted by Gasteiger charge is 2.45. The summed E-state index contributed by atoms with van der Waals surface area (Å²) in [6.45, 7) is 0.726. The Balaban J connectivity index is 2.95. The van der Waals surface area contributed by atoms with Crippen LogP contribution in [0.1, 0.15) is 24.6 Å². The molecule has 0 N–H and O–H groups in total. The minimum Gasteiger partial charge on any atom is -0.338 e. The zero-order valence-corrected chi connectivity index (χ0v) is 8.06. The fourth-order valence-corrected chi connectivity index (χ4v) is 0.884. The van der Waals surface area contributed by atoms with Gasteiger partial charge in [-0.2, -0.15) is 31.3 Å². The number of Topliss-reactive ketones (excluding diaryl/α,β-unsaturated/α-hetero) is 1. The maximum Gasteiger partial charge on any atom is 0.455 e. The number of hydrogen-bond donors (Lipinski definition) is 0. The summed E-state index contributed by atoms with van der Waals surface area (Å²) in [7, 11) is 0. The molecule has 17 heavy (non-hydrogen) atoms. The Hall–Kier alpha value is -1.61. The van der Waals surface area contributed by atoms with Gasteiger partial charge in [-0.05, 0) is 6.92 Å². The summed E-state index contributed by atoms with van der Waals surface area (Å²) in [5.74, 6) is -6.98. The van der Waals surface area contributed by atoms with E-state index in [1.807, 2.05) is 0 Å². The molecule has 1 aromatic rings. The molecule has 0 saturated carbocycles. The number of carbonyl (C=O) groups excluding carboxylic acids is 1. The predicted molar refractivity (Wildman–Crippen MR) is 38.8 cm³/mol. The highest BCUT2D eigenvalue weighted by molar-refractivity contribution is 5.89. The molecule has 1 atom stereocenters. The molecule has 1 aromatic heterocycles. The Morgan fingerprint density at radius 3 is 2.12 bits per heavy atom. The molecule has 96 valence electrons. The summed E-state index contributed by atoms with van der Waals surface area (Å²) in [5, 5.41) is 2.44. The van der Waals surface area contributed by atoms with Crippen molar-refractivity contribution in [2.75, 3.05) is 0 Å². The quantitative estimate of drug-likeness (QED) is 0.767. The molecule has 0 bridgehead atoms. The van der Waals surface area contributed by atoms with Gasteiger partial charge in [-0.3, -0.25) is 4.79 Å². The van der Waals surface area contributed by atoms with Gasteiger partial charge in [0.15, 0.2) is 0 Å². The molecule has 0 amide bonds. The van der Waals surface area contributed by atoms with Crippen molar-refractivity contribution in [3.05, 3.63) is 11.7 Å². The molecule has 0 radical (unpaired) electrons. The summed E-state index contributed by atoms with van der Waals surface area (Å²) >= 11 is 0. The second-order valence-electron chi connectivity index (χ2n) is 3.04. The van der Waals surface area contributed by atoms with Gasteiger partial charge in [0, 0.05) is 0 Å². The van der Waals surface area contributed by atoms with E-state index in [1.165, 1.54) is 0 Å². The number of ketones is 1. The molecule has 0 aliphatic carbocycles. The summed E-state index contributed by atoms with van der Waals surface area (Å²) in [4.78, 5) is 13.4. The number of aromatic nitrogens is 2. The van der Waals surface area contributed by atoms with Crippen LogP contribution in [0.3, 0.4) is 0 Å². The minimum absolute atomic E-state index is 0.726. The molecule has 0 fully saturated rings. The molecule has 10 heteroatoms. The maximum atomic E-state index is 12.0. The third-order valence-electron chi connectivity index (χ3n) is 1.74. The second-order valence-corrected chi connectivity index (χ2v) is 3.04. The number of carbonyl (C=O) groups is 1. The fourth-order valence-electron chi connectivity index (χ4n) is 0.884. The highest BCUT2D eigenvalue weighted by Crippen LogP contribution is 2.30. The molecule has 4 nitrogen and oxygen atoms in total. The van der Waals surface area contributed by atoms with Crippen LogP contribution >= 0.6 is 0 Å². The molecule has 1 rings (SSSR count). The predicted octanol–water partition coefficient (Wildman–Crippen LogP) is 2.32. The third kappa shape index (κ3) is 2.94. The van der Waals surface area contributed by atoms with Gasteiger partial charge in [-0.1, -0.05) is 5.16 Å². The first-order chi connectivity index (χ1) is 7.53. The van der Waals surface area contributed by atoms with E-state index < -0.39 is 35.8 Å². The number of nitrogens with zero attached hydrogens (tertiary/aromatic N) is 2. The number of halogens is 6. The van der Waals surface area contributed by atoms with Crippen LogP contribution in [0.5, 0.6) is 0 Å². The van der Waals surface area contributed by atoms with Gasteiger partial charge in [0.25, 0.3) is 5.82 Å². The van der Waals surface area contributed by atoms with Crippen molar-refractivity contribution in [2.45, 2.75) is 25.2 Å². The summed E-state index contributed by atoms with van der Waals surface area (Å²) in [5.41, 5.74) is 0. The van der Waals surface area contributed by atoms with Gasteiger partial charge >= 0.3 is 12.4 Å². The first-order valence-corrected chi connectivity index (χ1v) is 4.05. The van der Waals surface area contributed by atoms with Crippen molar-refractivity contribution in [1.29, 1.82) is 0 Å². The van der Waals surface area contributed by atoms with Crippen LogP contribution in [0.25, 0.3) is 0 Å². The first kappa shape index (κ1) is 13.5. The summed E-state index contributed by atoms with van der Waals surface area (Å²) < 4.78 is 75.9. The maximum absolute atomic E-state index is 12.0. The molecule has 0 saturated heterocycles. The lowest BCUT2D eigenvalue weighted by atomic mass is 10.1. The number of hydrogen-bond acceptors (Lipinski definition) is 4. The molecule has 1 unspecified atom stereocenters. The van der Waals surface area contributed by atoms with Gasteiger partial charge in [-0.15, -0.1) is 0 Å². The van der Waals surface area contributed by atoms with E-state index in [2.05, 4.69) is 14.7 Å². The van der Waals surface area contributed by atoms with E-state index in [0.717, 1.165) is 6.92 Å². The fraction of sp³-hybridized carbons (Fsp3) is 0.571. The average molecular weight is 262 g/mol. The SMILES string of the molecule is CC(C(=O)C(F)(F)F)c1nc(C(F)(F)F)no1. The lowest BCUT2D eigenvalue weighted by molar-refractivity contribution is -0.172. The van der Waals surface area contributed by atoms with E-state index >= 15 is 0 Å². The van der Waals surface area contributed by atoms with E-state index in [0.29, 0.717) is 0 Å². The monoisotopic (exact) mass is 262 g/mol. The van der Waals surface area contributed by atoms with Gasteiger partial charge in [0.1, 0.15) is 5.92 Å². The molecular weight excluding hydrogens is 258 g/mol.